The van der Waals surface area contributed by atoms with Crippen LogP contribution in [0.5, 0.6) is 0 Å². The van der Waals surface area contributed by atoms with E-state index in [4.69, 9.17) is 4.74 Å². The molecule has 1 amide bonds. The Bertz CT molecular complexity index is 658. The molecule has 4 atom stereocenters. The van der Waals surface area contributed by atoms with Crippen LogP contribution < -0.4 is 5.32 Å². The third-order valence-corrected chi connectivity index (χ3v) is 6.66. The number of aliphatic hydroxyl groups is 1. The molecule has 3 saturated heterocycles. The molecule has 8 heteroatoms. The van der Waals surface area contributed by atoms with Gasteiger partial charge in [-0.1, -0.05) is 18.1 Å². The third kappa shape index (κ3) is 3.88. The van der Waals surface area contributed by atoms with Gasteiger partial charge in [0.15, 0.2) is 0 Å². The lowest BCUT2D eigenvalue weighted by molar-refractivity contribution is -0.133. The molecule has 27 heavy (non-hydrogen) atoms. The minimum atomic E-state index is -0.782. The summed E-state index contributed by atoms with van der Waals surface area (Å²) in [5, 5.41) is 22.2. The van der Waals surface area contributed by atoms with Gasteiger partial charge < -0.3 is 15.2 Å². The Morgan fingerprint density at radius 3 is 2.96 bits per heavy atom. The number of rotatable bonds is 7. The molecule has 3 aliphatic heterocycles. The summed E-state index contributed by atoms with van der Waals surface area (Å²) >= 11 is 0. The van der Waals surface area contributed by atoms with Gasteiger partial charge in [0.2, 0.25) is 5.91 Å². The van der Waals surface area contributed by atoms with Crippen molar-refractivity contribution < 1.29 is 14.6 Å². The molecular formula is C19H31N5O3. The van der Waals surface area contributed by atoms with Crippen molar-refractivity contribution in [2.45, 2.75) is 56.7 Å². The number of aromatic nitrogens is 3. The van der Waals surface area contributed by atoms with E-state index in [0.717, 1.165) is 58.2 Å². The minimum absolute atomic E-state index is 0.0809. The summed E-state index contributed by atoms with van der Waals surface area (Å²) in [5.74, 6) is 0.675. The Morgan fingerprint density at radius 2 is 2.26 bits per heavy atom. The highest BCUT2D eigenvalue weighted by molar-refractivity contribution is 5.79. The molecule has 2 bridgehead atoms. The van der Waals surface area contributed by atoms with Gasteiger partial charge in [0.25, 0.3) is 0 Å². The van der Waals surface area contributed by atoms with Crippen LogP contribution in [0.15, 0.2) is 6.20 Å². The fourth-order valence-corrected chi connectivity index (χ4v) is 5.07. The molecule has 1 aliphatic carbocycles. The van der Waals surface area contributed by atoms with E-state index in [-0.39, 0.29) is 11.8 Å². The van der Waals surface area contributed by atoms with Crippen molar-refractivity contribution in [1.29, 1.82) is 0 Å². The number of hydrogen-bond acceptors (Lipinski definition) is 6. The van der Waals surface area contributed by atoms with Gasteiger partial charge in [0.05, 0.1) is 25.3 Å². The summed E-state index contributed by atoms with van der Waals surface area (Å²) < 4.78 is 6.89. The monoisotopic (exact) mass is 377 g/mol. The topological polar surface area (TPSA) is 92.5 Å². The zero-order valence-corrected chi connectivity index (χ0v) is 16.1. The predicted molar refractivity (Wildman–Crippen MR) is 98.8 cm³/mol. The van der Waals surface area contributed by atoms with E-state index in [2.05, 4.69) is 20.5 Å². The number of hydrogen-bond donors (Lipinski definition) is 2. The fraction of sp³-hybridized carbons (Fsp3) is 0.842. The van der Waals surface area contributed by atoms with Crippen LogP contribution in [0.2, 0.25) is 0 Å². The summed E-state index contributed by atoms with van der Waals surface area (Å²) in [6, 6.07) is 0.388. The number of piperidine rings is 3. The van der Waals surface area contributed by atoms with Gasteiger partial charge in [0, 0.05) is 26.2 Å². The normalized spacial score (nSPS) is 31.9. The van der Waals surface area contributed by atoms with Gasteiger partial charge in [-0.2, -0.15) is 0 Å². The van der Waals surface area contributed by atoms with Crippen molar-refractivity contribution in [3.8, 4) is 0 Å². The summed E-state index contributed by atoms with van der Waals surface area (Å²) in [7, 11) is 1.64. The lowest BCUT2D eigenvalue weighted by Gasteiger charge is -2.49. The van der Waals surface area contributed by atoms with E-state index in [0.29, 0.717) is 30.8 Å². The van der Waals surface area contributed by atoms with Gasteiger partial charge in [-0.25, -0.2) is 0 Å². The SMILES string of the molecule is COCCNC(=O)[C@@H]1CN2CC[C@@H]1C[C@@H]2Cn1cc(C2(O)CCCC2)nn1. The average molecular weight is 377 g/mol. The highest BCUT2D eigenvalue weighted by Crippen LogP contribution is 2.38. The zero-order chi connectivity index (χ0) is 18.9. The van der Waals surface area contributed by atoms with Crippen molar-refractivity contribution in [2.24, 2.45) is 11.8 Å². The first-order chi connectivity index (χ1) is 13.1. The number of nitrogens with one attached hydrogen (secondary N) is 1. The second-order valence-corrected chi connectivity index (χ2v) is 8.39. The van der Waals surface area contributed by atoms with E-state index in [1.165, 1.54) is 0 Å². The number of carbonyl (C=O) groups is 1. The Hall–Kier alpha value is -1.51. The highest BCUT2D eigenvalue weighted by Gasteiger charge is 2.43. The number of amides is 1. The van der Waals surface area contributed by atoms with Crippen LogP contribution in [0, 0.1) is 11.8 Å². The van der Waals surface area contributed by atoms with Gasteiger partial charge in [-0.15, -0.1) is 5.10 Å². The maximum absolute atomic E-state index is 12.5. The number of fused-ring (bicyclic) bond motifs is 3. The molecule has 8 nitrogen and oxygen atoms in total. The Kier molecular flexibility index (Phi) is 5.48. The number of nitrogens with zero attached hydrogens (tertiary/aromatic N) is 4. The molecular weight excluding hydrogens is 346 g/mol. The van der Waals surface area contributed by atoms with Crippen molar-refractivity contribution in [3.05, 3.63) is 11.9 Å². The quantitative estimate of drug-likeness (QED) is 0.673. The molecule has 0 radical (unpaired) electrons. The zero-order valence-electron chi connectivity index (χ0n) is 16.1. The number of methoxy groups -OCH3 is 1. The van der Waals surface area contributed by atoms with Crippen LogP contribution in [-0.4, -0.2) is 70.3 Å². The lowest BCUT2D eigenvalue weighted by atomic mass is 9.75. The molecule has 5 rings (SSSR count). The summed E-state index contributed by atoms with van der Waals surface area (Å²) in [6.07, 6.45) is 7.68. The van der Waals surface area contributed by atoms with E-state index >= 15 is 0 Å². The first kappa shape index (κ1) is 18.8. The van der Waals surface area contributed by atoms with E-state index in [1.807, 2.05) is 10.9 Å². The second kappa shape index (κ2) is 7.85. The maximum atomic E-state index is 12.5. The molecule has 2 N–H and O–H groups in total. The summed E-state index contributed by atoms with van der Waals surface area (Å²) in [4.78, 5) is 14.9. The number of carbonyl (C=O) groups excluding carboxylic acids is 1. The highest BCUT2D eigenvalue weighted by atomic mass is 16.5. The molecule has 4 fully saturated rings. The van der Waals surface area contributed by atoms with Gasteiger partial charge in [-0.05, 0) is 38.1 Å². The maximum Gasteiger partial charge on any atom is 0.224 e. The van der Waals surface area contributed by atoms with Gasteiger partial charge in [0.1, 0.15) is 11.3 Å². The van der Waals surface area contributed by atoms with Crippen molar-refractivity contribution in [3.63, 3.8) is 0 Å². The van der Waals surface area contributed by atoms with Crippen molar-refractivity contribution in [2.75, 3.05) is 33.4 Å². The largest absolute Gasteiger partial charge is 0.383 e. The van der Waals surface area contributed by atoms with Crippen LogP contribution in [-0.2, 0) is 21.7 Å². The van der Waals surface area contributed by atoms with Crippen LogP contribution in [0.1, 0.15) is 44.2 Å². The molecule has 1 aromatic heterocycles. The first-order valence-electron chi connectivity index (χ1n) is 10.2. The van der Waals surface area contributed by atoms with Crippen molar-refractivity contribution >= 4 is 5.91 Å². The Labute approximate surface area is 160 Å². The second-order valence-electron chi connectivity index (χ2n) is 8.39. The smallest absolute Gasteiger partial charge is 0.224 e. The molecule has 4 aliphatic rings. The summed E-state index contributed by atoms with van der Waals surface area (Å²) in [6.45, 7) is 3.77. The van der Waals surface area contributed by atoms with Gasteiger partial charge >= 0.3 is 0 Å². The van der Waals surface area contributed by atoms with E-state index < -0.39 is 5.60 Å². The first-order valence-corrected chi connectivity index (χ1v) is 10.2. The molecule has 1 aromatic rings. The Balaban J connectivity index is 1.34. The number of ether oxygens (including phenoxy) is 1. The molecule has 1 unspecified atom stereocenters. The van der Waals surface area contributed by atoms with Crippen LogP contribution >= 0.6 is 0 Å². The van der Waals surface area contributed by atoms with Crippen LogP contribution in [0.3, 0.4) is 0 Å². The third-order valence-electron chi connectivity index (χ3n) is 6.66. The summed E-state index contributed by atoms with van der Waals surface area (Å²) in [5.41, 5.74) is -0.0680. The fourth-order valence-electron chi connectivity index (χ4n) is 5.07. The minimum Gasteiger partial charge on any atom is -0.383 e. The lowest BCUT2D eigenvalue weighted by Crippen LogP contribution is -2.58. The van der Waals surface area contributed by atoms with E-state index in [9.17, 15) is 9.90 Å². The molecule has 4 heterocycles. The van der Waals surface area contributed by atoms with Gasteiger partial charge in [-0.3, -0.25) is 14.4 Å². The molecule has 0 aromatic carbocycles. The standard InChI is InChI=1S/C19H31N5O3/c1-27-9-7-20-18(25)16-12-23-8-4-14(16)10-15(23)11-24-13-17(21-22-24)19(26)5-2-3-6-19/h13-16,26H,2-12H2,1H3,(H,20,25)/t14-,15-,16-/m1/s1. The molecule has 150 valence electrons. The molecule has 0 spiro atoms. The average Bonchev–Trinajstić information content (AvgIpc) is 3.32. The Morgan fingerprint density at radius 1 is 1.44 bits per heavy atom. The van der Waals surface area contributed by atoms with Crippen LogP contribution in [0.25, 0.3) is 0 Å². The van der Waals surface area contributed by atoms with E-state index in [1.54, 1.807) is 7.11 Å². The predicted octanol–water partition coefficient (Wildman–Crippen LogP) is 0.513. The van der Waals surface area contributed by atoms with Crippen LogP contribution in [0.4, 0.5) is 0 Å². The van der Waals surface area contributed by atoms with Crippen molar-refractivity contribution in [1.82, 2.24) is 25.2 Å². The molecule has 1 saturated carbocycles.